The van der Waals surface area contributed by atoms with Crippen molar-refractivity contribution in [2.24, 2.45) is 0 Å². The topological polar surface area (TPSA) is 101 Å². The van der Waals surface area contributed by atoms with Crippen LogP contribution in [0.5, 0.6) is 0 Å². The first-order valence-corrected chi connectivity index (χ1v) is 6.97. The number of aryl methyl sites for hydroxylation is 1. The van der Waals surface area contributed by atoms with E-state index in [0.717, 1.165) is 16.9 Å². The molecule has 2 rings (SSSR count). The second-order valence-electron chi connectivity index (χ2n) is 4.08. The first-order chi connectivity index (χ1) is 10.1. The van der Waals surface area contributed by atoms with Gasteiger partial charge in [-0.05, 0) is 5.56 Å². The molecule has 0 aliphatic rings. The smallest absolute Gasteiger partial charge is 0.413 e. The number of hydrogen-bond donors (Lipinski definition) is 2. The summed E-state index contributed by atoms with van der Waals surface area (Å²) >= 11 is 1.13. The molecule has 0 aliphatic carbocycles. The van der Waals surface area contributed by atoms with Crippen molar-refractivity contribution in [3.8, 4) is 0 Å². The normalized spacial score (nSPS) is 10.1. The van der Waals surface area contributed by atoms with Gasteiger partial charge in [-0.3, -0.25) is 10.1 Å². The van der Waals surface area contributed by atoms with Crippen molar-refractivity contribution < 1.29 is 19.4 Å². The van der Waals surface area contributed by atoms with Gasteiger partial charge >= 0.3 is 12.1 Å². The summed E-state index contributed by atoms with van der Waals surface area (Å²) in [5, 5.41) is 19.4. The van der Waals surface area contributed by atoms with E-state index in [2.05, 4.69) is 15.5 Å². The van der Waals surface area contributed by atoms with Crippen molar-refractivity contribution in [2.75, 3.05) is 5.32 Å². The summed E-state index contributed by atoms with van der Waals surface area (Å²) in [5.74, 6) is -0.901. The zero-order chi connectivity index (χ0) is 15.1. The van der Waals surface area contributed by atoms with Crippen molar-refractivity contribution >= 4 is 28.5 Å². The van der Waals surface area contributed by atoms with Crippen LogP contribution in [0.2, 0.25) is 0 Å². The molecule has 1 aromatic heterocycles. The maximum Gasteiger partial charge on any atom is 0.413 e. The molecule has 0 aliphatic heterocycles. The van der Waals surface area contributed by atoms with Gasteiger partial charge in [-0.15, -0.1) is 10.2 Å². The maximum atomic E-state index is 11.6. The van der Waals surface area contributed by atoms with Gasteiger partial charge in [0.05, 0.1) is 6.42 Å². The molecule has 0 atom stereocenters. The highest BCUT2D eigenvalue weighted by Gasteiger charge is 2.10. The van der Waals surface area contributed by atoms with Gasteiger partial charge in [-0.25, -0.2) is 4.79 Å². The van der Waals surface area contributed by atoms with Gasteiger partial charge < -0.3 is 9.84 Å². The third-order valence-electron chi connectivity index (χ3n) is 2.44. The zero-order valence-corrected chi connectivity index (χ0v) is 11.8. The summed E-state index contributed by atoms with van der Waals surface area (Å²) in [5.41, 5.74) is 0.882. The Hall–Kier alpha value is -2.48. The highest BCUT2D eigenvalue weighted by Crippen LogP contribution is 2.17. The minimum atomic E-state index is -0.901. The summed E-state index contributed by atoms with van der Waals surface area (Å²) in [7, 11) is 0. The largest absolute Gasteiger partial charge is 0.481 e. The van der Waals surface area contributed by atoms with E-state index in [0.29, 0.717) is 5.01 Å². The number of anilines is 1. The Balaban J connectivity index is 1.78. The Morgan fingerprint density at radius 1 is 1.24 bits per heavy atom. The maximum absolute atomic E-state index is 11.6. The van der Waals surface area contributed by atoms with Gasteiger partial charge in [0.2, 0.25) is 5.13 Å². The molecular formula is C13H13N3O4S. The third-order valence-corrected chi connectivity index (χ3v) is 3.34. The lowest BCUT2D eigenvalue weighted by molar-refractivity contribution is -0.136. The number of carboxylic acid groups (broad SMARTS) is 1. The Kier molecular flexibility index (Phi) is 5.22. The van der Waals surface area contributed by atoms with Gasteiger partial charge in [0.15, 0.2) is 0 Å². The molecule has 1 amide bonds. The number of benzene rings is 1. The van der Waals surface area contributed by atoms with E-state index in [1.807, 2.05) is 30.3 Å². The number of rotatable bonds is 6. The summed E-state index contributed by atoms with van der Waals surface area (Å²) < 4.78 is 5.03. The lowest BCUT2D eigenvalue weighted by Gasteiger charge is -2.04. The lowest BCUT2D eigenvalue weighted by atomic mass is 10.2. The average Bonchev–Trinajstić information content (AvgIpc) is 2.91. The van der Waals surface area contributed by atoms with Crippen molar-refractivity contribution in [1.82, 2.24) is 10.2 Å². The quantitative estimate of drug-likeness (QED) is 0.849. The van der Waals surface area contributed by atoms with E-state index < -0.39 is 12.1 Å². The molecule has 110 valence electrons. The number of nitrogens with one attached hydrogen (secondary N) is 1. The van der Waals surface area contributed by atoms with E-state index >= 15 is 0 Å². The summed E-state index contributed by atoms with van der Waals surface area (Å²) in [6, 6.07) is 9.29. The van der Waals surface area contributed by atoms with E-state index in [9.17, 15) is 9.59 Å². The molecule has 21 heavy (non-hydrogen) atoms. The van der Waals surface area contributed by atoms with E-state index in [1.165, 1.54) is 0 Å². The Labute approximate surface area is 124 Å². The van der Waals surface area contributed by atoms with Gasteiger partial charge in [0.25, 0.3) is 0 Å². The van der Waals surface area contributed by atoms with Gasteiger partial charge in [-0.2, -0.15) is 0 Å². The fourth-order valence-corrected chi connectivity index (χ4v) is 2.19. The van der Waals surface area contributed by atoms with Gasteiger partial charge in [-0.1, -0.05) is 41.7 Å². The summed E-state index contributed by atoms with van der Waals surface area (Å²) in [6.45, 7) is 0.164. The number of hydrogen-bond acceptors (Lipinski definition) is 6. The number of carbonyl (C=O) groups excluding carboxylic acids is 1. The van der Waals surface area contributed by atoms with Crippen LogP contribution in [0, 0.1) is 0 Å². The van der Waals surface area contributed by atoms with Crippen LogP contribution >= 0.6 is 11.3 Å². The minimum Gasteiger partial charge on any atom is -0.481 e. The highest BCUT2D eigenvalue weighted by atomic mass is 32.1. The number of nitrogens with zero attached hydrogens (tertiary/aromatic N) is 2. The van der Waals surface area contributed by atoms with E-state index in [1.54, 1.807) is 0 Å². The van der Waals surface area contributed by atoms with Crippen LogP contribution in [0.3, 0.4) is 0 Å². The second-order valence-corrected chi connectivity index (χ2v) is 5.14. The van der Waals surface area contributed by atoms with Gasteiger partial charge in [0, 0.05) is 6.42 Å². The van der Waals surface area contributed by atoms with Crippen molar-refractivity contribution in [3.63, 3.8) is 0 Å². The fourth-order valence-electron chi connectivity index (χ4n) is 1.47. The molecule has 1 aromatic carbocycles. The molecule has 0 saturated heterocycles. The van der Waals surface area contributed by atoms with Crippen molar-refractivity contribution in [1.29, 1.82) is 0 Å². The molecule has 0 unspecified atom stereocenters. The number of aromatic nitrogens is 2. The SMILES string of the molecule is O=C(O)CCc1nnc(NC(=O)OCc2ccccc2)s1. The lowest BCUT2D eigenvalue weighted by Crippen LogP contribution is -2.13. The number of carbonyl (C=O) groups is 2. The molecule has 1 heterocycles. The number of aliphatic carboxylic acids is 1. The first kappa shape index (κ1) is 14.9. The third kappa shape index (κ3) is 5.19. The molecule has 7 nitrogen and oxygen atoms in total. The molecule has 2 N–H and O–H groups in total. The van der Waals surface area contributed by atoms with Gasteiger partial charge in [0.1, 0.15) is 11.6 Å². The minimum absolute atomic E-state index is 0.0207. The molecule has 0 radical (unpaired) electrons. The standard InChI is InChI=1S/C13H13N3O4S/c17-11(18)7-6-10-15-16-12(21-10)14-13(19)20-8-9-4-2-1-3-5-9/h1-5H,6-8H2,(H,17,18)(H,14,16,19). The molecule has 0 bridgehead atoms. The van der Waals surface area contributed by atoms with Crippen LogP contribution in [0.15, 0.2) is 30.3 Å². The predicted octanol–water partition coefficient (Wildman–Crippen LogP) is 2.30. The highest BCUT2D eigenvalue weighted by molar-refractivity contribution is 7.15. The Morgan fingerprint density at radius 2 is 2.00 bits per heavy atom. The zero-order valence-electron chi connectivity index (χ0n) is 11.0. The van der Waals surface area contributed by atoms with Crippen LogP contribution in [-0.2, 0) is 22.6 Å². The van der Waals surface area contributed by atoms with Crippen LogP contribution in [-0.4, -0.2) is 27.4 Å². The average molecular weight is 307 g/mol. The summed E-state index contributed by atoms with van der Waals surface area (Å²) in [4.78, 5) is 22.0. The van der Waals surface area contributed by atoms with E-state index in [4.69, 9.17) is 9.84 Å². The Morgan fingerprint density at radius 3 is 2.71 bits per heavy atom. The van der Waals surface area contributed by atoms with Crippen molar-refractivity contribution in [3.05, 3.63) is 40.9 Å². The molecular weight excluding hydrogens is 294 g/mol. The molecule has 0 fully saturated rings. The number of amides is 1. The molecule has 0 saturated carbocycles. The van der Waals surface area contributed by atoms with Crippen LogP contribution in [0.4, 0.5) is 9.93 Å². The molecule has 2 aromatic rings. The van der Waals surface area contributed by atoms with Crippen LogP contribution in [0.25, 0.3) is 0 Å². The second kappa shape index (κ2) is 7.34. The first-order valence-electron chi connectivity index (χ1n) is 6.15. The molecule has 0 spiro atoms. The Bertz CT molecular complexity index is 615. The summed E-state index contributed by atoms with van der Waals surface area (Å²) in [6.07, 6.45) is -0.360. The number of ether oxygens (including phenoxy) is 1. The van der Waals surface area contributed by atoms with Crippen molar-refractivity contribution in [2.45, 2.75) is 19.4 Å². The molecule has 8 heteroatoms. The van der Waals surface area contributed by atoms with Crippen LogP contribution < -0.4 is 5.32 Å². The predicted molar refractivity (Wildman–Crippen MR) is 76.1 cm³/mol. The van der Waals surface area contributed by atoms with Crippen LogP contribution in [0.1, 0.15) is 17.0 Å². The monoisotopic (exact) mass is 307 g/mol. The van der Waals surface area contributed by atoms with E-state index in [-0.39, 0.29) is 24.6 Å². The fraction of sp³-hybridized carbons (Fsp3) is 0.231. The number of carboxylic acids is 1.